The topological polar surface area (TPSA) is 97.6 Å². The Kier molecular flexibility index (Phi) is 8.81. The number of hydrogen-bond donors (Lipinski definition) is 2. The molecule has 34 heavy (non-hydrogen) atoms. The van der Waals surface area contributed by atoms with Crippen LogP contribution in [0.3, 0.4) is 0 Å². The first-order chi connectivity index (χ1) is 16.4. The van der Waals surface area contributed by atoms with Crippen molar-refractivity contribution in [2.75, 3.05) is 11.9 Å². The van der Waals surface area contributed by atoms with Crippen molar-refractivity contribution >= 4 is 35.1 Å². The summed E-state index contributed by atoms with van der Waals surface area (Å²) < 4.78 is 6.91. The summed E-state index contributed by atoms with van der Waals surface area (Å²) in [6, 6.07) is 13.4. The van der Waals surface area contributed by atoms with Gasteiger partial charge in [-0.25, -0.2) is 9.79 Å². The van der Waals surface area contributed by atoms with E-state index in [1.807, 2.05) is 17.8 Å². The van der Waals surface area contributed by atoms with Gasteiger partial charge in [-0.3, -0.25) is 14.8 Å². The molecule has 0 saturated heterocycles. The number of rotatable bonds is 8. The Balaban J connectivity index is 1.81. The molecule has 3 rings (SSSR count). The predicted molar refractivity (Wildman–Crippen MR) is 133 cm³/mol. The maximum Gasteiger partial charge on any atom is 0.338 e. The zero-order valence-electron chi connectivity index (χ0n) is 19.5. The van der Waals surface area contributed by atoms with Crippen LogP contribution in [0.5, 0.6) is 0 Å². The lowest BCUT2D eigenvalue weighted by atomic mass is 10.2. The number of esters is 1. The van der Waals surface area contributed by atoms with Gasteiger partial charge in [-0.05, 0) is 62.7 Å². The number of anilines is 1. The molecule has 0 saturated carbocycles. The van der Waals surface area contributed by atoms with Gasteiger partial charge in [0.15, 0.2) is 0 Å². The number of hydrogen-bond acceptors (Lipinski definition) is 5. The third kappa shape index (κ3) is 6.92. The molecule has 0 aliphatic heterocycles. The molecule has 0 fully saturated rings. The maximum atomic E-state index is 12.8. The van der Waals surface area contributed by atoms with E-state index in [1.54, 1.807) is 55.5 Å². The largest absolute Gasteiger partial charge is 0.462 e. The summed E-state index contributed by atoms with van der Waals surface area (Å²) in [5.74, 6) is -0.483. The fourth-order valence-electron chi connectivity index (χ4n) is 3.18. The highest BCUT2D eigenvalue weighted by Crippen LogP contribution is 2.13. The van der Waals surface area contributed by atoms with Crippen LogP contribution in [0.2, 0.25) is 5.02 Å². The van der Waals surface area contributed by atoms with Crippen LogP contribution in [0.4, 0.5) is 5.69 Å². The number of aromatic nitrogens is 2. The minimum absolute atomic E-state index is 0.261. The van der Waals surface area contributed by atoms with Gasteiger partial charge in [0.25, 0.3) is 5.91 Å². The van der Waals surface area contributed by atoms with E-state index in [9.17, 15) is 9.59 Å². The van der Waals surface area contributed by atoms with Gasteiger partial charge in [0.2, 0.25) is 5.96 Å². The third-order valence-corrected chi connectivity index (χ3v) is 5.12. The van der Waals surface area contributed by atoms with Crippen LogP contribution < -0.4 is 10.6 Å². The molecule has 1 heterocycles. The fourth-order valence-corrected chi connectivity index (χ4v) is 3.37. The first-order valence-corrected chi connectivity index (χ1v) is 11.5. The van der Waals surface area contributed by atoms with Crippen molar-refractivity contribution in [3.63, 3.8) is 0 Å². The first-order valence-electron chi connectivity index (χ1n) is 11.1. The summed E-state index contributed by atoms with van der Waals surface area (Å²) in [5, 5.41) is 10.9. The van der Waals surface area contributed by atoms with Crippen LogP contribution in [0.25, 0.3) is 0 Å². The number of amides is 1. The molecule has 0 spiro atoms. The quantitative estimate of drug-likeness (QED) is 0.273. The Hall–Kier alpha value is -3.65. The van der Waals surface area contributed by atoms with Gasteiger partial charge in [0.05, 0.1) is 24.4 Å². The first kappa shape index (κ1) is 25.0. The summed E-state index contributed by atoms with van der Waals surface area (Å²) in [6.45, 7) is 7.24. The van der Waals surface area contributed by atoms with Crippen LogP contribution in [0.1, 0.15) is 52.2 Å². The van der Waals surface area contributed by atoms with Gasteiger partial charge in [-0.1, -0.05) is 24.6 Å². The molecule has 0 radical (unpaired) electrons. The second-order valence-corrected chi connectivity index (χ2v) is 7.99. The standard InChI is InChI=1S/C25H28ClN5O3/c1-4-13-31-16-20(17(3)30-31)15-27-25(29-23(32)19-7-6-8-21(26)14-19)28-22-11-9-18(10-12-22)24(33)34-5-2/h6-12,14,16H,4-5,13,15H2,1-3H3,(H2,27,28,29,32). The van der Waals surface area contributed by atoms with Crippen LogP contribution in [-0.2, 0) is 17.8 Å². The molecule has 0 unspecified atom stereocenters. The zero-order valence-corrected chi connectivity index (χ0v) is 20.2. The van der Waals surface area contributed by atoms with Gasteiger partial charge in [-0.15, -0.1) is 0 Å². The molecule has 8 nitrogen and oxygen atoms in total. The number of halogens is 1. The maximum absolute atomic E-state index is 12.8. The minimum Gasteiger partial charge on any atom is -0.462 e. The van der Waals surface area contributed by atoms with E-state index in [1.165, 1.54) is 0 Å². The summed E-state index contributed by atoms with van der Waals surface area (Å²) in [4.78, 5) is 29.3. The van der Waals surface area contributed by atoms with Crippen molar-refractivity contribution in [2.45, 2.75) is 40.3 Å². The molecule has 1 amide bonds. The van der Waals surface area contributed by atoms with E-state index in [0.717, 1.165) is 24.2 Å². The number of ether oxygens (including phenoxy) is 1. The second kappa shape index (κ2) is 12.0. The number of benzene rings is 2. The van der Waals surface area contributed by atoms with Gasteiger partial charge in [0.1, 0.15) is 0 Å². The Bertz CT molecular complexity index is 1170. The normalized spacial score (nSPS) is 11.2. The fraction of sp³-hybridized carbons (Fsp3) is 0.280. The van der Waals surface area contributed by atoms with Gasteiger partial charge >= 0.3 is 5.97 Å². The molecule has 0 atom stereocenters. The van der Waals surface area contributed by atoms with Gasteiger partial charge in [-0.2, -0.15) is 5.10 Å². The summed E-state index contributed by atoms with van der Waals surface area (Å²) in [5.41, 5.74) is 3.34. The third-order valence-electron chi connectivity index (χ3n) is 4.89. The minimum atomic E-state index is -0.392. The molecular weight excluding hydrogens is 454 g/mol. The Morgan fingerprint density at radius 3 is 2.56 bits per heavy atom. The highest BCUT2D eigenvalue weighted by Gasteiger charge is 2.12. The monoisotopic (exact) mass is 481 g/mol. The number of guanidine groups is 1. The van der Waals surface area contributed by atoms with Crippen molar-refractivity contribution in [2.24, 2.45) is 4.99 Å². The van der Waals surface area contributed by atoms with E-state index in [2.05, 4.69) is 27.6 Å². The van der Waals surface area contributed by atoms with Crippen molar-refractivity contribution < 1.29 is 14.3 Å². The molecule has 0 bridgehead atoms. The molecular formula is C25H28ClN5O3. The van der Waals surface area contributed by atoms with Gasteiger partial charge in [0, 0.05) is 34.6 Å². The van der Waals surface area contributed by atoms with Crippen molar-refractivity contribution in [3.05, 3.63) is 82.1 Å². The lowest BCUT2D eigenvalue weighted by Gasteiger charge is -2.12. The average molecular weight is 482 g/mol. The average Bonchev–Trinajstić information content (AvgIpc) is 3.17. The van der Waals surface area contributed by atoms with Gasteiger partial charge < -0.3 is 10.1 Å². The smallest absolute Gasteiger partial charge is 0.338 e. The molecule has 3 aromatic rings. The van der Waals surface area contributed by atoms with Crippen molar-refractivity contribution in [1.29, 1.82) is 0 Å². The number of carbonyl (C=O) groups is 2. The number of nitrogens with zero attached hydrogens (tertiary/aromatic N) is 3. The summed E-state index contributed by atoms with van der Waals surface area (Å²) >= 11 is 6.03. The van der Waals surface area contributed by atoms with Crippen LogP contribution >= 0.6 is 11.6 Å². The molecule has 9 heteroatoms. The second-order valence-electron chi connectivity index (χ2n) is 7.55. The number of aliphatic imine (C=N–C) groups is 1. The zero-order chi connectivity index (χ0) is 24.5. The number of aryl methyl sites for hydroxylation is 2. The van der Waals surface area contributed by atoms with E-state index in [-0.39, 0.29) is 11.9 Å². The number of nitrogens with one attached hydrogen (secondary N) is 2. The molecule has 2 N–H and O–H groups in total. The highest BCUT2D eigenvalue weighted by molar-refractivity contribution is 6.31. The summed E-state index contributed by atoms with van der Waals surface area (Å²) in [6.07, 6.45) is 2.95. The van der Waals surface area contributed by atoms with E-state index in [0.29, 0.717) is 35.0 Å². The Labute approximate surface area is 204 Å². The molecule has 1 aromatic heterocycles. The molecule has 178 valence electrons. The SMILES string of the molecule is CCCn1cc(CN=C(NC(=O)c2cccc(Cl)c2)Nc2ccc(C(=O)OCC)cc2)c(C)n1. The number of carbonyl (C=O) groups excluding carboxylic acids is 2. The van der Waals surface area contributed by atoms with E-state index < -0.39 is 5.97 Å². The van der Waals surface area contributed by atoms with Crippen LogP contribution in [0.15, 0.2) is 59.7 Å². The highest BCUT2D eigenvalue weighted by atomic mass is 35.5. The van der Waals surface area contributed by atoms with E-state index >= 15 is 0 Å². The lowest BCUT2D eigenvalue weighted by molar-refractivity contribution is 0.0526. The predicted octanol–water partition coefficient (Wildman–Crippen LogP) is 4.83. The molecule has 2 aromatic carbocycles. The van der Waals surface area contributed by atoms with Crippen LogP contribution in [-0.4, -0.2) is 34.2 Å². The molecule has 0 aliphatic rings. The van der Waals surface area contributed by atoms with Crippen LogP contribution in [0, 0.1) is 6.92 Å². The van der Waals surface area contributed by atoms with E-state index in [4.69, 9.17) is 16.3 Å². The van der Waals surface area contributed by atoms with Crippen molar-refractivity contribution in [3.8, 4) is 0 Å². The molecule has 0 aliphatic carbocycles. The Morgan fingerprint density at radius 1 is 1.12 bits per heavy atom. The lowest BCUT2D eigenvalue weighted by Crippen LogP contribution is -2.36. The Morgan fingerprint density at radius 2 is 1.88 bits per heavy atom. The summed E-state index contributed by atoms with van der Waals surface area (Å²) in [7, 11) is 0. The van der Waals surface area contributed by atoms with Crippen molar-refractivity contribution in [1.82, 2.24) is 15.1 Å².